The fourth-order valence-corrected chi connectivity index (χ4v) is 1.13. The third kappa shape index (κ3) is 3.53. The Balaban J connectivity index is 2.35. The monoisotopic (exact) mass is 180 g/mol. The smallest absolute Gasteiger partial charge is 0.0483 e. The second kappa shape index (κ2) is 5.67. The van der Waals surface area contributed by atoms with Crippen LogP contribution in [0.1, 0.15) is 24.9 Å². The van der Waals surface area contributed by atoms with Gasteiger partial charge in [-0.15, -0.1) is 0 Å². The molecule has 1 atom stereocenters. The summed E-state index contributed by atoms with van der Waals surface area (Å²) >= 11 is 0. The molecule has 0 fully saturated rings. The predicted molar refractivity (Wildman–Crippen MR) is 52.3 cm³/mol. The Morgan fingerprint density at radius 1 is 1.46 bits per heavy atom. The fourth-order valence-electron chi connectivity index (χ4n) is 1.13. The number of hydrogen-bond acceptors (Lipinski definition) is 3. The number of pyridine rings is 1. The molecule has 3 nitrogen and oxygen atoms in total. The fraction of sp³-hybridized carbons (Fsp3) is 0.500. The lowest BCUT2D eigenvalue weighted by Gasteiger charge is -2.10. The molecule has 0 aliphatic rings. The van der Waals surface area contributed by atoms with Crippen molar-refractivity contribution in [2.24, 2.45) is 5.73 Å². The molecular formula is C10H16N2O. The van der Waals surface area contributed by atoms with Crippen molar-refractivity contribution in [2.45, 2.75) is 19.4 Å². The van der Waals surface area contributed by atoms with E-state index in [1.807, 2.05) is 19.1 Å². The Labute approximate surface area is 78.9 Å². The molecule has 2 N–H and O–H groups in total. The maximum Gasteiger partial charge on any atom is 0.0483 e. The summed E-state index contributed by atoms with van der Waals surface area (Å²) in [7, 11) is 0. The van der Waals surface area contributed by atoms with Crippen LogP contribution in [0.2, 0.25) is 0 Å². The van der Waals surface area contributed by atoms with Gasteiger partial charge >= 0.3 is 0 Å². The van der Waals surface area contributed by atoms with Gasteiger partial charge in [-0.05, 0) is 31.0 Å². The van der Waals surface area contributed by atoms with E-state index in [0.29, 0.717) is 0 Å². The Kier molecular flexibility index (Phi) is 4.43. The molecule has 1 rings (SSSR count). The van der Waals surface area contributed by atoms with Gasteiger partial charge in [0.2, 0.25) is 0 Å². The molecule has 0 saturated carbocycles. The molecule has 72 valence electrons. The van der Waals surface area contributed by atoms with E-state index in [1.165, 1.54) is 0 Å². The van der Waals surface area contributed by atoms with Crippen molar-refractivity contribution in [3.8, 4) is 0 Å². The highest BCUT2D eigenvalue weighted by Gasteiger charge is 2.03. The molecule has 0 spiro atoms. The average molecular weight is 180 g/mol. The SMILES string of the molecule is CCOCCC(N)c1ccncc1. The Bertz CT molecular complexity index is 226. The van der Waals surface area contributed by atoms with Crippen molar-refractivity contribution in [1.29, 1.82) is 0 Å². The van der Waals surface area contributed by atoms with Crippen LogP contribution in [0.5, 0.6) is 0 Å². The minimum Gasteiger partial charge on any atom is -0.382 e. The maximum absolute atomic E-state index is 5.93. The second-order valence-electron chi connectivity index (χ2n) is 2.87. The quantitative estimate of drug-likeness (QED) is 0.699. The maximum atomic E-state index is 5.93. The summed E-state index contributed by atoms with van der Waals surface area (Å²) in [5, 5.41) is 0. The van der Waals surface area contributed by atoms with Crippen LogP contribution in [0.25, 0.3) is 0 Å². The van der Waals surface area contributed by atoms with E-state index >= 15 is 0 Å². The first kappa shape index (κ1) is 10.2. The first-order valence-electron chi connectivity index (χ1n) is 4.58. The first-order chi connectivity index (χ1) is 6.34. The number of nitrogens with two attached hydrogens (primary N) is 1. The Morgan fingerprint density at radius 2 is 2.15 bits per heavy atom. The molecule has 0 aliphatic heterocycles. The summed E-state index contributed by atoms with van der Waals surface area (Å²) in [6.07, 6.45) is 4.38. The molecule has 3 heteroatoms. The van der Waals surface area contributed by atoms with Gasteiger partial charge in [0.05, 0.1) is 0 Å². The van der Waals surface area contributed by atoms with Crippen molar-refractivity contribution in [2.75, 3.05) is 13.2 Å². The van der Waals surface area contributed by atoms with E-state index in [4.69, 9.17) is 10.5 Å². The zero-order chi connectivity index (χ0) is 9.52. The van der Waals surface area contributed by atoms with Crippen molar-refractivity contribution < 1.29 is 4.74 Å². The highest BCUT2D eigenvalue weighted by atomic mass is 16.5. The summed E-state index contributed by atoms with van der Waals surface area (Å²) in [5.41, 5.74) is 7.05. The van der Waals surface area contributed by atoms with Gasteiger partial charge in [0.1, 0.15) is 0 Å². The van der Waals surface area contributed by atoms with Crippen LogP contribution in [0, 0.1) is 0 Å². The number of nitrogens with zero attached hydrogens (tertiary/aromatic N) is 1. The third-order valence-electron chi connectivity index (χ3n) is 1.91. The third-order valence-corrected chi connectivity index (χ3v) is 1.91. The van der Waals surface area contributed by atoms with E-state index < -0.39 is 0 Å². The van der Waals surface area contributed by atoms with Crippen LogP contribution >= 0.6 is 0 Å². The van der Waals surface area contributed by atoms with Gasteiger partial charge in [-0.25, -0.2) is 0 Å². The highest BCUT2D eigenvalue weighted by Crippen LogP contribution is 2.11. The lowest BCUT2D eigenvalue weighted by molar-refractivity contribution is 0.140. The molecular weight excluding hydrogens is 164 g/mol. The van der Waals surface area contributed by atoms with Crippen LogP contribution in [0.4, 0.5) is 0 Å². The molecule has 0 amide bonds. The van der Waals surface area contributed by atoms with Crippen molar-refractivity contribution in [3.63, 3.8) is 0 Å². The van der Waals surface area contributed by atoms with Crippen LogP contribution in [-0.2, 0) is 4.74 Å². The van der Waals surface area contributed by atoms with E-state index in [1.54, 1.807) is 12.4 Å². The van der Waals surface area contributed by atoms with Crippen LogP contribution in [-0.4, -0.2) is 18.2 Å². The van der Waals surface area contributed by atoms with E-state index in [9.17, 15) is 0 Å². The lowest BCUT2D eigenvalue weighted by Crippen LogP contribution is -2.13. The average Bonchev–Trinajstić information content (AvgIpc) is 2.19. The van der Waals surface area contributed by atoms with E-state index in [-0.39, 0.29) is 6.04 Å². The normalized spacial score (nSPS) is 12.8. The molecule has 0 aliphatic carbocycles. The molecule has 1 aromatic rings. The van der Waals surface area contributed by atoms with Gasteiger partial charge in [0.25, 0.3) is 0 Å². The highest BCUT2D eigenvalue weighted by molar-refractivity contribution is 5.13. The predicted octanol–water partition coefficient (Wildman–Crippen LogP) is 1.51. The van der Waals surface area contributed by atoms with Crippen LogP contribution in [0.15, 0.2) is 24.5 Å². The van der Waals surface area contributed by atoms with Gasteiger partial charge in [-0.3, -0.25) is 4.98 Å². The number of aromatic nitrogens is 1. The van der Waals surface area contributed by atoms with Crippen molar-refractivity contribution in [3.05, 3.63) is 30.1 Å². The number of ether oxygens (including phenoxy) is 1. The number of hydrogen-bond donors (Lipinski definition) is 1. The summed E-state index contributed by atoms with van der Waals surface area (Å²) in [6, 6.07) is 3.95. The molecule has 1 heterocycles. The molecule has 1 aromatic heterocycles. The molecule has 0 radical (unpaired) electrons. The summed E-state index contributed by atoms with van der Waals surface area (Å²) in [4.78, 5) is 3.94. The minimum atomic E-state index is 0.0644. The lowest BCUT2D eigenvalue weighted by atomic mass is 10.1. The Morgan fingerprint density at radius 3 is 2.77 bits per heavy atom. The van der Waals surface area contributed by atoms with Gasteiger partial charge in [0.15, 0.2) is 0 Å². The first-order valence-corrected chi connectivity index (χ1v) is 4.58. The topological polar surface area (TPSA) is 48.1 Å². The zero-order valence-corrected chi connectivity index (χ0v) is 7.94. The Hall–Kier alpha value is -0.930. The largest absolute Gasteiger partial charge is 0.382 e. The van der Waals surface area contributed by atoms with Gasteiger partial charge < -0.3 is 10.5 Å². The van der Waals surface area contributed by atoms with Crippen LogP contribution in [0.3, 0.4) is 0 Å². The van der Waals surface area contributed by atoms with Gasteiger partial charge in [-0.2, -0.15) is 0 Å². The van der Waals surface area contributed by atoms with Gasteiger partial charge in [-0.1, -0.05) is 0 Å². The molecule has 0 aromatic carbocycles. The van der Waals surface area contributed by atoms with Gasteiger partial charge in [0, 0.05) is 31.6 Å². The standard InChI is InChI=1S/C10H16N2O/c1-2-13-8-5-10(11)9-3-6-12-7-4-9/h3-4,6-7,10H,2,5,8,11H2,1H3. The second-order valence-corrected chi connectivity index (χ2v) is 2.87. The summed E-state index contributed by atoms with van der Waals surface area (Å²) in [6.45, 7) is 3.46. The van der Waals surface area contributed by atoms with Crippen molar-refractivity contribution in [1.82, 2.24) is 4.98 Å². The minimum absolute atomic E-state index is 0.0644. The van der Waals surface area contributed by atoms with E-state index in [2.05, 4.69) is 4.98 Å². The zero-order valence-electron chi connectivity index (χ0n) is 7.94. The summed E-state index contributed by atoms with van der Waals surface area (Å²) in [5.74, 6) is 0. The molecule has 13 heavy (non-hydrogen) atoms. The molecule has 0 bridgehead atoms. The van der Waals surface area contributed by atoms with Crippen LogP contribution < -0.4 is 5.73 Å². The summed E-state index contributed by atoms with van der Waals surface area (Å²) < 4.78 is 5.23. The van der Waals surface area contributed by atoms with E-state index in [0.717, 1.165) is 25.2 Å². The molecule has 0 saturated heterocycles. The van der Waals surface area contributed by atoms with Crippen molar-refractivity contribution >= 4 is 0 Å². The number of rotatable bonds is 5. The molecule has 1 unspecified atom stereocenters.